The first kappa shape index (κ1) is 23.1. The van der Waals surface area contributed by atoms with Gasteiger partial charge in [-0.15, -0.1) is 0 Å². The lowest BCUT2D eigenvalue weighted by atomic mass is 9.95. The second-order valence-corrected chi connectivity index (χ2v) is 8.88. The number of aryl methyl sites for hydroxylation is 1. The third-order valence-corrected chi connectivity index (χ3v) is 6.42. The zero-order chi connectivity index (χ0) is 23.4. The molecule has 1 heterocycles. The van der Waals surface area contributed by atoms with Crippen molar-refractivity contribution in [2.24, 2.45) is 0 Å². The van der Waals surface area contributed by atoms with Crippen LogP contribution in [0.4, 0.5) is 5.69 Å². The SMILES string of the molecule is Cc1cc(OCC(=O)c2ccc3c(c2)N(CC(=O)NC2CCCCC2)C(=O)CO3)ccc1Cl. The summed E-state index contributed by atoms with van der Waals surface area (Å²) in [5.74, 6) is 0.226. The first-order valence-corrected chi connectivity index (χ1v) is 11.6. The summed E-state index contributed by atoms with van der Waals surface area (Å²) in [6.07, 6.45) is 5.33. The average Bonchev–Trinajstić information content (AvgIpc) is 2.82. The van der Waals surface area contributed by atoms with Crippen molar-refractivity contribution in [1.29, 1.82) is 0 Å². The summed E-state index contributed by atoms with van der Waals surface area (Å²) in [6.45, 7) is 1.44. The molecule has 0 spiro atoms. The van der Waals surface area contributed by atoms with E-state index in [9.17, 15) is 14.4 Å². The zero-order valence-electron chi connectivity index (χ0n) is 18.6. The minimum Gasteiger partial charge on any atom is -0.485 e. The summed E-state index contributed by atoms with van der Waals surface area (Å²) in [4.78, 5) is 39.3. The molecule has 8 heteroatoms. The van der Waals surface area contributed by atoms with Crippen molar-refractivity contribution in [2.45, 2.75) is 45.1 Å². The Morgan fingerprint density at radius 3 is 2.70 bits per heavy atom. The van der Waals surface area contributed by atoms with Gasteiger partial charge in [-0.3, -0.25) is 19.3 Å². The predicted molar refractivity (Wildman–Crippen MR) is 125 cm³/mol. The number of anilines is 1. The first-order chi connectivity index (χ1) is 15.9. The van der Waals surface area contributed by atoms with Gasteiger partial charge < -0.3 is 14.8 Å². The van der Waals surface area contributed by atoms with E-state index >= 15 is 0 Å². The third kappa shape index (κ3) is 5.66. The van der Waals surface area contributed by atoms with E-state index in [1.807, 2.05) is 6.92 Å². The number of amides is 2. The average molecular weight is 471 g/mol. The molecule has 1 N–H and O–H groups in total. The van der Waals surface area contributed by atoms with Crippen molar-refractivity contribution in [2.75, 3.05) is 24.7 Å². The van der Waals surface area contributed by atoms with Crippen LogP contribution < -0.4 is 19.7 Å². The fourth-order valence-corrected chi connectivity index (χ4v) is 4.27. The number of carbonyl (C=O) groups excluding carboxylic acids is 3. The van der Waals surface area contributed by atoms with Crippen LogP contribution in [0.2, 0.25) is 5.02 Å². The van der Waals surface area contributed by atoms with Crippen LogP contribution in [0.5, 0.6) is 11.5 Å². The maximum atomic E-state index is 12.8. The molecule has 0 bridgehead atoms. The molecule has 0 unspecified atom stereocenters. The van der Waals surface area contributed by atoms with Crippen LogP contribution in [0.1, 0.15) is 48.0 Å². The Labute approximate surface area is 198 Å². The maximum Gasteiger partial charge on any atom is 0.265 e. The van der Waals surface area contributed by atoms with E-state index in [-0.39, 0.29) is 43.4 Å². The number of benzene rings is 2. The highest BCUT2D eigenvalue weighted by molar-refractivity contribution is 6.31. The number of ether oxygens (including phenoxy) is 2. The number of rotatable bonds is 7. The second-order valence-electron chi connectivity index (χ2n) is 8.48. The first-order valence-electron chi connectivity index (χ1n) is 11.2. The van der Waals surface area contributed by atoms with E-state index in [1.54, 1.807) is 36.4 Å². The van der Waals surface area contributed by atoms with Gasteiger partial charge in [0.15, 0.2) is 19.0 Å². The molecule has 1 fully saturated rings. The Balaban J connectivity index is 1.44. The molecule has 1 aliphatic heterocycles. The summed E-state index contributed by atoms with van der Waals surface area (Å²) >= 11 is 6.03. The molecule has 2 aromatic rings. The number of halogens is 1. The number of carbonyl (C=O) groups is 3. The topological polar surface area (TPSA) is 84.9 Å². The molecule has 4 rings (SSSR count). The normalized spacial score (nSPS) is 16.1. The van der Waals surface area contributed by atoms with Crippen molar-refractivity contribution in [3.8, 4) is 11.5 Å². The van der Waals surface area contributed by atoms with Gasteiger partial charge in [0.25, 0.3) is 5.91 Å². The maximum absolute atomic E-state index is 12.8. The van der Waals surface area contributed by atoms with Gasteiger partial charge in [-0.2, -0.15) is 0 Å². The predicted octanol–water partition coefficient (Wildman–Crippen LogP) is 4.08. The number of fused-ring (bicyclic) bond motifs is 1. The smallest absolute Gasteiger partial charge is 0.265 e. The Bertz CT molecular complexity index is 1060. The summed E-state index contributed by atoms with van der Waals surface area (Å²) in [7, 11) is 0. The zero-order valence-corrected chi connectivity index (χ0v) is 19.3. The lowest BCUT2D eigenvalue weighted by molar-refractivity contribution is -0.125. The number of nitrogens with one attached hydrogen (secondary N) is 1. The summed E-state index contributed by atoms with van der Waals surface area (Å²) in [5.41, 5.74) is 1.64. The molecule has 0 atom stereocenters. The van der Waals surface area contributed by atoms with Gasteiger partial charge in [0.1, 0.15) is 18.0 Å². The number of nitrogens with zero attached hydrogens (tertiary/aromatic N) is 1. The van der Waals surface area contributed by atoms with E-state index in [2.05, 4.69) is 5.32 Å². The van der Waals surface area contributed by atoms with Gasteiger partial charge in [-0.05, 0) is 61.7 Å². The van der Waals surface area contributed by atoms with E-state index < -0.39 is 0 Å². The Hall–Kier alpha value is -3.06. The van der Waals surface area contributed by atoms with Crippen LogP contribution in [-0.2, 0) is 9.59 Å². The van der Waals surface area contributed by atoms with Gasteiger partial charge in [0, 0.05) is 16.6 Å². The molecule has 1 aliphatic carbocycles. The van der Waals surface area contributed by atoms with Gasteiger partial charge in [0.2, 0.25) is 5.91 Å². The Morgan fingerprint density at radius 1 is 1.15 bits per heavy atom. The number of hydrogen-bond acceptors (Lipinski definition) is 5. The van der Waals surface area contributed by atoms with Gasteiger partial charge in [0.05, 0.1) is 5.69 Å². The largest absolute Gasteiger partial charge is 0.485 e. The minimum absolute atomic E-state index is 0.107. The van der Waals surface area contributed by atoms with Crippen LogP contribution in [0.15, 0.2) is 36.4 Å². The summed E-state index contributed by atoms with van der Waals surface area (Å²) in [6, 6.07) is 10.2. The number of ketones is 1. The fourth-order valence-electron chi connectivity index (χ4n) is 4.15. The molecular weight excluding hydrogens is 444 g/mol. The molecule has 0 saturated heterocycles. The molecular formula is C25H27ClN2O5. The second kappa shape index (κ2) is 10.3. The minimum atomic E-state index is -0.321. The highest BCUT2D eigenvalue weighted by Gasteiger charge is 2.29. The molecule has 7 nitrogen and oxygen atoms in total. The quantitative estimate of drug-likeness (QED) is 0.616. The van der Waals surface area contributed by atoms with E-state index in [0.717, 1.165) is 31.2 Å². The van der Waals surface area contributed by atoms with Gasteiger partial charge >= 0.3 is 0 Å². The van der Waals surface area contributed by atoms with E-state index in [0.29, 0.717) is 27.8 Å². The monoisotopic (exact) mass is 470 g/mol. The van der Waals surface area contributed by atoms with Crippen molar-refractivity contribution >= 4 is 34.9 Å². The van der Waals surface area contributed by atoms with Crippen LogP contribution in [0.25, 0.3) is 0 Å². The van der Waals surface area contributed by atoms with Crippen LogP contribution >= 0.6 is 11.6 Å². The van der Waals surface area contributed by atoms with Crippen molar-refractivity contribution in [1.82, 2.24) is 5.32 Å². The molecule has 0 aromatic heterocycles. The van der Waals surface area contributed by atoms with Crippen LogP contribution in [-0.4, -0.2) is 43.4 Å². The fraction of sp³-hybridized carbons (Fsp3) is 0.400. The Kier molecular flexibility index (Phi) is 7.18. The molecule has 2 aromatic carbocycles. The Morgan fingerprint density at radius 2 is 1.94 bits per heavy atom. The van der Waals surface area contributed by atoms with Gasteiger partial charge in [-0.25, -0.2) is 0 Å². The third-order valence-electron chi connectivity index (χ3n) is 6.00. The lowest BCUT2D eigenvalue weighted by Crippen LogP contribution is -2.47. The van der Waals surface area contributed by atoms with Crippen molar-refractivity contribution in [3.63, 3.8) is 0 Å². The molecule has 2 aliphatic rings. The summed E-state index contributed by atoms with van der Waals surface area (Å²) < 4.78 is 11.1. The standard InChI is InChI=1S/C25H27ClN2O5/c1-16-11-19(8-9-20(16)26)32-14-22(29)17-7-10-23-21(12-17)28(25(31)15-33-23)13-24(30)27-18-5-3-2-4-6-18/h7-12,18H,2-6,13-15H2,1H3,(H,27,30). The lowest BCUT2D eigenvalue weighted by Gasteiger charge is -2.30. The molecule has 0 radical (unpaired) electrons. The molecule has 174 valence electrons. The van der Waals surface area contributed by atoms with E-state index in [1.165, 1.54) is 11.3 Å². The van der Waals surface area contributed by atoms with E-state index in [4.69, 9.17) is 21.1 Å². The highest BCUT2D eigenvalue weighted by atomic mass is 35.5. The molecule has 2 amide bonds. The van der Waals surface area contributed by atoms with Crippen LogP contribution in [0, 0.1) is 6.92 Å². The van der Waals surface area contributed by atoms with Crippen molar-refractivity contribution in [3.05, 3.63) is 52.5 Å². The molecule has 1 saturated carbocycles. The molecule has 33 heavy (non-hydrogen) atoms. The van der Waals surface area contributed by atoms with Crippen molar-refractivity contribution < 1.29 is 23.9 Å². The van der Waals surface area contributed by atoms with Crippen LogP contribution in [0.3, 0.4) is 0 Å². The number of Topliss-reactive ketones (excluding diaryl/α,β-unsaturated/α-hetero) is 1. The van der Waals surface area contributed by atoms with Gasteiger partial charge in [-0.1, -0.05) is 30.9 Å². The number of hydrogen-bond donors (Lipinski definition) is 1. The summed E-state index contributed by atoms with van der Waals surface area (Å²) in [5, 5.41) is 3.66. The highest BCUT2D eigenvalue weighted by Crippen LogP contribution is 2.33.